The molecule has 3 rings (SSSR count). The van der Waals surface area contributed by atoms with Gasteiger partial charge in [-0.3, -0.25) is 9.69 Å². The van der Waals surface area contributed by atoms with Crippen molar-refractivity contribution in [2.45, 2.75) is 25.1 Å². The second-order valence-electron chi connectivity index (χ2n) is 5.90. The number of benzene rings is 1. The van der Waals surface area contributed by atoms with Gasteiger partial charge in [-0.1, -0.05) is 42.1 Å². The highest BCUT2D eigenvalue weighted by Gasteiger charge is 2.44. The van der Waals surface area contributed by atoms with Crippen molar-refractivity contribution in [2.24, 2.45) is 4.99 Å². The molecule has 0 N–H and O–H groups in total. The number of carbonyl (C=O) groups is 2. The summed E-state index contributed by atoms with van der Waals surface area (Å²) in [5, 5.41) is 0.378. The van der Waals surface area contributed by atoms with Gasteiger partial charge in [-0.05, 0) is 19.9 Å². The van der Waals surface area contributed by atoms with E-state index in [0.29, 0.717) is 22.2 Å². The third kappa shape index (κ3) is 3.14. The summed E-state index contributed by atoms with van der Waals surface area (Å²) in [5.41, 5.74) is 1.78. The normalized spacial score (nSPS) is 22.5. The number of rotatable bonds is 4. The summed E-state index contributed by atoms with van der Waals surface area (Å²) >= 11 is 1.40. The van der Waals surface area contributed by atoms with Crippen molar-refractivity contribution in [2.75, 3.05) is 14.2 Å². The summed E-state index contributed by atoms with van der Waals surface area (Å²) in [6, 6.07) is 6.98. The number of para-hydroxylation sites is 1. The van der Waals surface area contributed by atoms with Crippen LogP contribution in [0.25, 0.3) is 6.08 Å². The summed E-state index contributed by atoms with van der Waals surface area (Å²) in [7, 11) is 2.93. The first-order valence-electron chi connectivity index (χ1n) is 8.16. The molecule has 0 unspecified atom stereocenters. The molecule has 0 radical (unpaired) electrons. The molecule has 136 valence electrons. The number of fused-ring (bicyclic) bond motifs is 1. The Balaban J connectivity index is 2.05. The maximum Gasteiger partial charge on any atom is 0.338 e. The van der Waals surface area contributed by atoms with Crippen LogP contribution in [0, 0.1) is 0 Å². The number of allylic oxidation sites excluding steroid dienone is 1. The fourth-order valence-electron chi connectivity index (χ4n) is 3.00. The molecule has 6 nitrogen and oxygen atoms in total. The van der Waals surface area contributed by atoms with Gasteiger partial charge in [0, 0.05) is 5.56 Å². The van der Waals surface area contributed by atoms with Crippen LogP contribution in [0.15, 0.2) is 46.6 Å². The van der Waals surface area contributed by atoms with E-state index in [1.54, 1.807) is 18.9 Å². The molecule has 0 aliphatic carbocycles. The lowest BCUT2D eigenvalue weighted by Crippen LogP contribution is -2.44. The second-order valence-corrected chi connectivity index (χ2v) is 7.21. The maximum absolute atomic E-state index is 12.6. The third-order valence-corrected chi connectivity index (χ3v) is 5.36. The fourth-order valence-corrected chi connectivity index (χ4v) is 4.04. The molecule has 1 amide bonds. The number of esters is 1. The number of amidine groups is 1. The van der Waals surface area contributed by atoms with Gasteiger partial charge in [0.05, 0.1) is 36.8 Å². The number of carbonyl (C=O) groups excluding carboxylic acids is 2. The van der Waals surface area contributed by atoms with E-state index in [9.17, 15) is 9.59 Å². The molecule has 1 saturated heterocycles. The molecular weight excluding hydrogens is 352 g/mol. The maximum atomic E-state index is 12.6. The first-order chi connectivity index (χ1) is 12.5. The van der Waals surface area contributed by atoms with Gasteiger partial charge in [0.15, 0.2) is 5.17 Å². The molecule has 0 bridgehead atoms. The van der Waals surface area contributed by atoms with Crippen molar-refractivity contribution in [3.05, 3.63) is 47.2 Å². The van der Waals surface area contributed by atoms with Crippen LogP contribution < -0.4 is 4.74 Å². The van der Waals surface area contributed by atoms with E-state index in [0.717, 1.165) is 5.56 Å². The number of hydrogen-bond acceptors (Lipinski definition) is 6. The lowest BCUT2D eigenvalue weighted by Gasteiger charge is -2.30. The van der Waals surface area contributed by atoms with Gasteiger partial charge in [-0.15, -0.1) is 0 Å². The molecule has 26 heavy (non-hydrogen) atoms. The van der Waals surface area contributed by atoms with Crippen molar-refractivity contribution in [1.82, 2.24) is 4.90 Å². The molecule has 1 fully saturated rings. The van der Waals surface area contributed by atoms with Crippen LogP contribution >= 0.6 is 11.8 Å². The smallest absolute Gasteiger partial charge is 0.338 e. The zero-order chi connectivity index (χ0) is 18.8. The predicted octanol–water partition coefficient (Wildman–Crippen LogP) is 2.86. The quantitative estimate of drug-likeness (QED) is 0.760. The first-order valence-corrected chi connectivity index (χ1v) is 9.04. The molecule has 2 aliphatic heterocycles. The summed E-state index contributed by atoms with van der Waals surface area (Å²) < 4.78 is 10.3. The summed E-state index contributed by atoms with van der Waals surface area (Å²) in [6.07, 6.45) is 3.67. The van der Waals surface area contributed by atoms with E-state index in [1.165, 1.54) is 18.9 Å². The van der Waals surface area contributed by atoms with Gasteiger partial charge in [-0.2, -0.15) is 0 Å². The highest BCUT2D eigenvalue weighted by Crippen LogP contribution is 2.37. The van der Waals surface area contributed by atoms with E-state index in [1.807, 2.05) is 43.3 Å². The van der Waals surface area contributed by atoms with E-state index in [-0.39, 0.29) is 11.2 Å². The minimum atomic E-state index is -0.565. The molecule has 1 aromatic rings. The Morgan fingerprint density at radius 1 is 1.31 bits per heavy atom. The van der Waals surface area contributed by atoms with E-state index < -0.39 is 12.0 Å². The van der Waals surface area contributed by atoms with Crippen LogP contribution in [0.5, 0.6) is 5.75 Å². The highest BCUT2D eigenvalue weighted by molar-refractivity contribution is 8.15. The van der Waals surface area contributed by atoms with Crippen molar-refractivity contribution in [3.63, 3.8) is 0 Å². The Labute approximate surface area is 156 Å². The van der Waals surface area contributed by atoms with Gasteiger partial charge < -0.3 is 9.47 Å². The van der Waals surface area contributed by atoms with E-state index in [2.05, 4.69) is 4.99 Å². The van der Waals surface area contributed by atoms with Crippen molar-refractivity contribution in [1.29, 1.82) is 0 Å². The van der Waals surface area contributed by atoms with Gasteiger partial charge in [0.2, 0.25) is 5.91 Å². The molecule has 2 heterocycles. The molecule has 2 atom stereocenters. The topological polar surface area (TPSA) is 68.2 Å². The average Bonchev–Trinajstić information content (AvgIpc) is 2.92. The lowest BCUT2D eigenvalue weighted by atomic mass is 10.00. The number of thioether (sulfide) groups is 1. The zero-order valence-electron chi connectivity index (χ0n) is 15.1. The number of hydrogen-bond donors (Lipinski definition) is 0. The number of nitrogens with zero attached hydrogens (tertiary/aromatic N) is 2. The predicted molar refractivity (Wildman–Crippen MR) is 102 cm³/mol. The highest BCUT2D eigenvalue weighted by atomic mass is 32.2. The van der Waals surface area contributed by atoms with Gasteiger partial charge >= 0.3 is 5.97 Å². The van der Waals surface area contributed by atoms with Crippen LogP contribution in [-0.4, -0.2) is 47.5 Å². The molecule has 1 aromatic carbocycles. The monoisotopic (exact) mass is 372 g/mol. The van der Waals surface area contributed by atoms with Gasteiger partial charge in [0.25, 0.3) is 0 Å². The van der Waals surface area contributed by atoms with Crippen molar-refractivity contribution in [3.8, 4) is 5.75 Å². The number of methoxy groups -OCH3 is 2. The molecule has 2 aliphatic rings. The fraction of sp³-hybridized carbons (Fsp3) is 0.316. The van der Waals surface area contributed by atoms with Gasteiger partial charge in [0.1, 0.15) is 5.75 Å². The number of aliphatic imine (C=N–C) groups is 1. The Hall–Kier alpha value is -2.54. The number of amides is 1. The third-order valence-electron chi connectivity index (χ3n) is 4.30. The summed E-state index contributed by atoms with van der Waals surface area (Å²) in [5.74, 6) is 0.152. The molecule has 0 spiro atoms. The Kier molecular flexibility index (Phi) is 5.18. The van der Waals surface area contributed by atoms with Gasteiger partial charge in [-0.25, -0.2) is 9.79 Å². The van der Waals surface area contributed by atoms with Crippen molar-refractivity contribution < 1.29 is 19.1 Å². The minimum absolute atomic E-state index is 0.0719. The van der Waals surface area contributed by atoms with Crippen LogP contribution in [0.1, 0.15) is 19.4 Å². The molecular formula is C19H20N2O4S. The first kappa shape index (κ1) is 18.3. The summed E-state index contributed by atoms with van der Waals surface area (Å²) in [6.45, 7) is 3.59. The largest absolute Gasteiger partial charge is 0.496 e. The van der Waals surface area contributed by atoms with Crippen LogP contribution in [0.4, 0.5) is 0 Å². The second kappa shape index (κ2) is 7.37. The minimum Gasteiger partial charge on any atom is -0.496 e. The van der Waals surface area contributed by atoms with Crippen LogP contribution in [-0.2, 0) is 14.3 Å². The Morgan fingerprint density at radius 3 is 2.73 bits per heavy atom. The molecule has 7 heteroatoms. The summed E-state index contributed by atoms with van der Waals surface area (Å²) in [4.78, 5) is 31.0. The van der Waals surface area contributed by atoms with Crippen molar-refractivity contribution >= 4 is 34.9 Å². The number of ether oxygens (including phenoxy) is 2. The zero-order valence-corrected chi connectivity index (χ0v) is 15.9. The Bertz CT molecular complexity index is 844. The van der Waals surface area contributed by atoms with E-state index in [4.69, 9.17) is 9.47 Å². The van der Waals surface area contributed by atoms with E-state index >= 15 is 0 Å². The van der Waals surface area contributed by atoms with Crippen LogP contribution in [0.3, 0.4) is 0 Å². The Morgan fingerprint density at radius 2 is 2.04 bits per heavy atom. The average molecular weight is 372 g/mol. The molecule has 0 aromatic heterocycles. The SMILES string of the molecule is COC(=O)C1=C(C)N=C2S[C@H](C)C(=O)N2[C@H]1/C=C/c1ccccc1OC. The lowest BCUT2D eigenvalue weighted by molar-refractivity contribution is -0.137. The molecule has 0 saturated carbocycles. The standard InChI is InChI=1S/C19H20N2O4S/c1-11-16(18(23)25-4)14(21-17(22)12(2)26-19(21)20-11)10-9-13-7-5-6-8-15(13)24-3/h5-10,12,14H,1-4H3/b10-9+/t12-,14+/m1/s1. The van der Waals surface area contributed by atoms with Crippen LogP contribution in [0.2, 0.25) is 0 Å².